The van der Waals surface area contributed by atoms with Crippen LogP contribution in [-0.4, -0.2) is 56.4 Å². The van der Waals surface area contributed by atoms with Gasteiger partial charge >= 0.3 is 0 Å². The van der Waals surface area contributed by atoms with E-state index in [1.165, 1.54) is 12.8 Å². The Balaban J connectivity index is 1.73. The Morgan fingerprint density at radius 1 is 1.38 bits per heavy atom. The van der Waals surface area contributed by atoms with Crippen molar-refractivity contribution in [3.8, 4) is 0 Å². The molecule has 0 radical (unpaired) electrons. The number of β-amino-alcohol motifs (C(OH)–C–C–N with tert-alkyl or cyclic N) is 1. The Bertz CT molecular complexity index is 386. The Morgan fingerprint density at radius 3 is 2.95 bits per heavy atom. The second-order valence-corrected chi connectivity index (χ2v) is 5.89. The molecule has 2 N–H and O–H groups in total. The fourth-order valence-electron chi connectivity index (χ4n) is 2.99. The first-order valence-electron chi connectivity index (χ1n) is 7.94. The zero-order chi connectivity index (χ0) is 14.9. The fourth-order valence-corrected chi connectivity index (χ4v) is 2.99. The van der Waals surface area contributed by atoms with Gasteiger partial charge < -0.3 is 20.1 Å². The molecule has 1 aromatic rings. The molecule has 0 saturated carbocycles. The zero-order valence-corrected chi connectivity index (χ0v) is 13.0. The Hall–Kier alpha value is -0.940. The number of ether oxygens (including phenoxy) is 1. The highest BCUT2D eigenvalue weighted by Gasteiger charge is 2.21. The van der Waals surface area contributed by atoms with Crippen LogP contribution in [0.15, 0.2) is 30.3 Å². The van der Waals surface area contributed by atoms with Gasteiger partial charge in [-0.15, -0.1) is 0 Å². The lowest BCUT2D eigenvalue weighted by Crippen LogP contribution is -2.41. The largest absolute Gasteiger partial charge is 0.387 e. The van der Waals surface area contributed by atoms with Gasteiger partial charge in [0.2, 0.25) is 0 Å². The van der Waals surface area contributed by atoms with E-state index in [9.17, 15) is 5.11 Å². The van der Waals surface area contributed by atoms with E-state index in [1.807, 2.05) is 30.3 Å². The SMILES string of the molecule is COCCNCC1CCCN(CC(O)c2ccccc2)C1. The molecule has 4 nitrogen and oxygen atoms in total. The minimum atomic E-state index is -0.383. The first kappa shape index (κ1) is 16.4. The van der Waals surface area contributed by atoms with Crippen LogP contribution in [0.5, 0.6) is 0 Å². The molecule has 118 valence electrons. The average molecular weight is 292 g/mol. The number of aliphatic hydroxyl groups is 1. The number of benzene rings is 1. The van der Waals surface area contributed by atoms with Crippen molar-refractivity contribution in [3.63, 3.8) is 0 Å². The fraction of sp³-hybridized carbons (Fsp3) is 0.647. The van der Waals surface area contributed by atoms with Crippen LogP contribution >= 0.6 is 0 Å². The molecule has 1 aromatic carbocycles. The minimum absolute atomic E-state index is 0.383. The van der Waals surface area contributed by atoms with E-state index in [1.54, 1.807) is 7.11 Å². The number of rotatable bonds is 8. The van der Waals surface area contributed by atoms with Gasteiger partial charge in [0.1, 0.15) is 0 Å². The van der Waals surface area contributed by atoms with E-state index in [4.69, 9.17) is 4.74 Å². The second-order valence-electron chi connectivity index (χ2n) is 5.89. The summed E-state index contributed by atoms with van der Waals surface area (Å²) >= 11 is 0. The summed E-state index contributed by atoms with van der Waals surface area (Å²) in [7, 11) is 1.73. The van der Waals surface area contributed by atoms with E-state index >= 15 is 0 Å². The van der Waals surface area contributed by atoms with Crippen molar-refractivity contribution in [1.29, 1.82) is 0 Å². The third-order valence-corrected chi connectivity index (χ3v) is 4.13. The predicted molar refractivity (Wildman–Crippen MR) is 85.3 cm³/mol. The third-order valence-electron chi connectivity index (χ3n) is 4.13. The summed E-state index contributed by atoms with van der Waals surface area (Å²) in [6, 6.07) is 9.95. The van der Waals surface area contributed by atoms with E-state index in [-0.39, 0.29) is 6.10 Å². The monoisotopic (exact) mass is 292 g/mol. The maximum absolute atomic E-state index is 10.3. The number of methoxy groups -OCH3 is 1. The molecule has 1 aliphatic heterocycles. The first-order chi connectivity index (χ1) is 10.3. The summed E-state index contributed by atoms with van der Waals surface area (Å²) in [5, 5.41) is 13.8. The molecular weight excluding hydrogens is 264 g/mol. The molecule has 0 spiro atoms. The van der Waals surface area contributed by atoms with Gasteiger partial charge in [0.15, 0.2) is 0 Å². The van der Waals surface area contributed by atoms with Gasteiger partial charge in [-0.05, 0) is 37.4 Å². The van der Waals surface area contributed by atoms with Gasteiger partial charge in [-0.1, -0.05) is 30.3 Å². The van der Waals surface area contributed by atoms with E-state index in [2.05, 4.69) is 10.2 Å². The lowest BCUT2D eigenvalue weighted by atomic mass is 9.97. The standard InChI is InChI=1S/C17H28N2O2/c1-21-11-9-18-12-15-6-5-10-19(13-15)14-17(20)16-7-3-2-4-8-16/h2-4,7-8,15,17-18,20H,5-6,9-14H2,1H3. The summed E-state index contributed by atoms with van der Waals surface area (Å²) in [5.41, 5.74) is 1.01. The predicted octanol–water partition coefficient (Wildman–Crippen LogP) is 1.67. The Morgan fingerprint density at radius 2 is 2.19 bits per heavy atom. The lowest BCUT2D eigenvalue weighted by Gasteiger charge is -2.34. The molecule has 2 unspecified atom stereocenters. The van der Waals surface area contributed by atoms with Crippen LogP contribution in [0.2, 0.25) is 0 Å². The summed E-state index contributed by atoms with van der Waals surface area (Å²) in [4.78, 5) is 2.39. The molecular formula is C17H28N2O2. The number of hydrogen-bond donors (Lipinski definition) is 2. The quantitative estimate of drug-likeness (QED) is 0.716. The maximum Gasteiger partial charge on any atom is 0.0916 e. The Labute approximate surface area is 128 Å². The Kier molecular flexibility index (Phi) is 7.16. The van der Waals surface area contributed by atoms with Crippen molar-refractivity contribution in [2.24, 2.45) is 5.92 Å². The van der Waals surface area contributed by atoms with E-state index in [0.717, 1.165) is 44.9 Å². The number of hydrogen-bond acceptors (Lipinski definition) is 4. The maximum atomic E-state index is 10.3. The number of likely N-dealkylation sites (tertiary alicyclic amines) is 1. The summed E-state index contributed by atoms with van der Waals surface area (Å²) < 4.78 is 5.05. The molecule has 1 aliphatic rings. The van der Waals surface area contributed by atoms with Crippen molar-refractivity contribution in [2.75, 3.05) is 46.4 Å². The molecule has 1 fully saturated rings. The summed E-state index contributed by atoms with van der Waals surface area (Å²) in [6.45, 7) is 5.63. The van der Waals surface area contributed by atoms with E-state index in [0.29, 0.717) is 5.92 Å². The molecule has 1 heterocycles. The van der Waals surface area contributed by atoms with Crippen LogP contribution in [0.25, 0.3) is 0 Å². The minimum Gasteiger partial charge on any atom is -0.387 e. The smallest absolute Gasteiger partial charge is 0.0916 e. The summed E-state index contributed by atoms with van der Waals surface area (Å²) in [6.07, 6.45) is 2.11. The van der Waals surface area contributed by atoms with Gasteiger partial charge in [0.25, 0.3) is 0 Å². The van der Waals surface area contributed by atoms with Crippen LogP contribution in [0.1, 0.15) is 24.5 Å². The third kappa shape index (κ3) is 5.75. The highest BCUT2D eigenvalue weighted by Crippen LogP contribution is 2.20. The average Bonchev–Trinajstić information content (AvgIpc) is 2.53. The van der Waals surface area contributed by atoms with Crippen LogP contribution in [0, 0.1) is 5.92 Å². The molecule has 4 heteroatoms. The highest BCUT2D eigenvalue weighted by molar-refractivity contribution is 5.17. The van der Waals surface area contributed by atoms with Crippen LogP contribution in [0.4, 0.5) is 0 Å². The molecule has 1 saturated heterocycles. The van der Waals surface area contributed by atoms with Crippen molar-refractivity contribution < 1.29 is 9.84 Å². The van der Waals surface area contributed by atoms with Gasteiger partial charge in [-0.3, -0.25) is 0 Å². The molecule has 0 aromatic heterocycles. The van der Waals surface area contributed by atoms with Gasteiger partial charge in [-0.2, -0.15) is 0 Å². The zero-order valence-electron chi connectivity index (χ0n) is 13.0. The van der Waals surface area contributed by atoms with Crippen molar-refractivity contribution >= 4 is 0 Å². The van der Waals surface area contributed by atoms with Crippen LogP contribution in [-0.2, 0) is 4.74 Å². The first-order valence-corrected chi connectivity index (χ1v) is 7.94. The summed E-state index contributed by atoms with van der Waals surface area (Å²) in [5.74, 6) is 0.679. The number of piperidine rings is 1. The number of aliphatic hydroxyl groups excluding tert-OH is 1. The number of nitrogens with one attached hydrogen (secondary N) is 1. The highest BCUT2D eigenvalue weighted by atomic mass is 16.5. The van der Waals surface area contributed by atoms with Gasteiger partial charge in [0.05, 0.1) is 12.7 Å². The van der Waals surface area contributed by atoms with Crippen molar-refractivity contribution in [1.82, 2.24) is 10.2 Å². The van der Waals surface area contributed by atoms with Crippen LogP contribution in [0.3, 0.4) is 0 Å². The molecule has 2 atom stereocenters. The topological polar surface area (TPSA) is 44.7 Å². The molecule has 2 rings (SSSR count). The molecule has 0 amide bonds. The lowest BCUT2D eigenvalue weighted by molar-refractivity contribution is 0.0837. The number of nitrogens with zero attached hydrogens (tertiary/aromatic N) is 1. The van der Waals surface area contributed by atoms with Crippen molar-refractivity contribution in [2.45, 2.75) is 18.9 Å². The normalized spacial score (nSPS) is 21.3. The van der Waals surface area contributed by atoms with E-state index < -0.39 is 0 Å². The van der Waals surface area contributed by atoms with Gasteiger partial charge in [0, 0.05) is 26.7 Å². The van der Waals surface area contributed by atoms with Gasteiger partial charge in [-0.25, -0.2) is 0 Å². The molecule has 21 heavy (non-hydrogen) atoms. The molecule has 0 aliphatic carbocycles. The second kappa shape index (κ2) is 9.15. The molecule has 0 bridgehead atoms. The van der Waals surface area contributed by atoms with Crippen LogP contribution < -0.4 is 5.32 Å². The van der Waals surface area contributed by atoms with Crippen molar-refractivity contribution in [3.05, 3.63) is 35.9 Å².